The lowest BCUT2D eigenvalue weighted by molar-refractivity contribution is -0.121. The van der Waals surface area contributed by atoms with Crippen molar-refractivity contribution in [3.05, 3.63) is 35.9 Å². The Morgan fingerprint density at radius 3 is 2.59 bits per heavy atom. The fraction of sp³-hybridized carbons (Fsp3) is 0.533. The first-order valence-corrected chi connectivity index (χ1v) is 6.63. The minimum Gasteiger partial charge on any atom is -0.310 e. The third-order valence-corrected chi connectivity index (χ3v) is 3.89. The standard InChI is InChI=1S/C15H19NO/c17-14-9-13(8-11-4-2-1-3-5-11)16-15(10-14)12-6-7-12/h1-5,12-13,15-16H,6-10H2. The fourth-order valence-corrected chi connectivity index (χ4v) is 2.86. The topological polar surface area (TPSA) is 29.1 Å². The van der Waals surface area contributed by atoms with E-state index in [9.17, 15) is 4.79 Å². The molecule has 2 fully saturated rings. The summed E-state index contributed by atoms with van der Waals surface area (Å²) in [5, 5.41) is 3.67. The molecule has 1 aromatic carbocycles. The number of rotatable bonds is 3. The lowest BCUT2D eigenvalue weighted by atomic mass is 9.91. The molecule has 2 nitrogen and oxygen atoms in total. The highest BCUT2D eigenvalue weighted by atomic mass is 16.1. The predicted molar refractivity (Wildman–Crippen MR) is 67.8 cm³/mol. The van der Waals surface area contributed by atoms with E-state index in [4.69, 9.17) is 0 Å². The summed E-state index contributed by atoms with van der Waals surface area (Å²) in [5.41, 5.74) is 1.33. The highest BCUT2D eigenvalue weighted by Gasteiger charge is 2.37. The molecule has 1 aliphatic carbocycles. The molecule has 0 aromatic heterocycles. The van der Waals surface area contributed by atoms with Crippen LogP contribution in [-0.2, 0) is 11.2 Å². The van der Waals surface area contributed by atoms with Crippen molar-refractivity contribution in [1.82, 2.24) is 5.32 Å². The molecular formula is C15H19NO. The summed E-state index contributed by atoms with van der Waals surface area (Å²) in [7, 11) is 0. The third kappa shape index (κ3) is 2.75. The van der Waals surface area contributed by atoms with Crippen LogP contribution in [0.5, 0.6) is 0 Å². The molecule has 0 amide bonds. The van der Waals surface area contributed by atoms with Crippen molar-refractivity contribution in [2.75, 3.05) is 0 Å². The first kappa shape index (κ1) is 11.0. The number of hydrogen-bond acceptors (Lipinski definition) is 2. The van der Waals surface area contributed by atoms with Gasteiger partial charge in [-0.1, -0.05) is 30.3 Å². The Balaban J connectivity index is 1.64. The molecule has 2 unspecified atom stereocenters. The molecule has 1 aromatic rings. The van der Waals surface area contributed by atoms with Crippen molar-refractivity contribution in [2.24, 2.45) is 5.92 Å². The van der Waals surface area contributed by atoms with Gasteiger partial charge in [-0.3, -0.25) is 4.79 Å². The van der Waals surface area contributed by atoms with E-state index in [1.807, 2.05) is 6.07 Å². The lowest BCUT2D eigenvalue weighted by Crippen LogP contribution is -2.47. The van der Waals surface area contributed by atoms with Crippen LogP contribution in [0.1, 0.15) is 31.2 Å². The molecule has 0 radical (unpaired) electrons. The molecule has 2 atom stereocenters. The van der Waals surface area contributed by atoms with E-state index >= 15 is 0 Å². The SMILES string of the molecule is O=C1CC(Cc2ccccc2)NC(C2CC2)C1. The smallest absolute Gasteiger partial charge is 0.136 e. The Bertz CT molecular complexity index is 397. The Kier molecular flexibility index (Phi) is 2.98. The van der Waals surface area contributed by atoms with Crippen molar-refractivity contribution >= 4 is 5.78 Å². The fourth-order valence-electron chi connectivity index (χ4n) is 2.86. The van der Waals surface area contributed by atoms with Crippen molar-refractivity contribution in [3.8, 4) is 0 Å². The van der Waals surface area contributed by atoms with E-state index in [1.54, 1.807) is 0 Å². The molecule has 0 spiro atoms. The van der Waals surface area contributed by atoms with Crippen LogP contribution >= 0.6 is 0 Å². The van der Waals surface area contributed by atoms with E-state index < -0.39 is 0 Å². The van der Waals surface area contributed by atoms with Gasteiger partial charge in [0.25, 0.3) is 0 Å². The van der Waals surface area contributed by atoms with Crippen LogP contribution in [0.25, 0.3) is 0 Å². The normalized spacial score (nSPS) is 29.3. The molecule has 2 aliphatic rings. The molecule has 1 N–H and O–H groups in total. The number of benzene rings is 1. The zero-order chi connectivity index (χ0) is 11.7. The Morgan fingerprint density at radius 2 is 1.88 bits per heavy atom. The summed E-state index contributed by atoms with van der Waals surface area (Å²) in [4.78, 5) is 11.8. The van der Waals surface area contributed by atoms with E-state index in [2.05, 4.69) is 29.6 Å². The van der Waals surface area contributed by atoms with Crippen LogP contribution in [-0.4, -0.2) is 17.9 Å². The van der Waals surface area contributed by atoms with Crippen LogP contribution < -0.4 is 5.32 Å². The van der Waals surface area contributed by atoms with E-state index in [1.165, 1.54) is 18.4 Å². The first-order chi connectivity index (χ1) is 8.31. The molecule has 1 saturated heterocycles. The summed E-state index contributed by atoms with van der Waals surface area (Å²) >= 11 is 0. The maximum Gasteiger partial charge on any atom is 0.136 e. The molecule has 17 heavy (non-hydrogen) atoms. The van der Waals surface area contributed by atoms with Crippen molar-refractivity contribution in [3.63, 3.8) is 0 Å². The number of carbonyl (C=O) groups excluding carboxylic acids is 1. The molecule has 1 saturated carbocycles. The first-order valence-electron chi connectivity index (χ1n) is 6.63. The van der Waals surface area contributed by atoms with Gasteiger partial charge in [-0.05, 0) is 30.7 Å². The largest absolute Gasteiger partial charge is 0.310 e. The average molecular weight is 229 g/mol. The second-order valence-electron chi connectivity index (χ2n) is 5.44. The average Bonchev–Trinajstić information content (AvgIpc) is 3.13. The lowest BCUT2D eigenvalue weighted by Gasteiger charge is -2.30. The monoisotopic (exact) mass is 229 g/mol. The van der Waals surface area contributed by atoms with Crippen LogP contribution in [0, 0.1) is 5.92 Å². The second kappa shape index (κ2) is 4.61. The van der Waals surface area contributed by atoms with E-state index in [0.717, 1.165) is 18.8 Å². The van der Waals surface area contributed by atoms with Gasteiger partial charge in [0.05, 0.1) is 0 Å². The zero-order valence-corrected chi connectivity index (χ0v) is 10.1. The number of Topliss-reactive ketones (excluding diaryl/α,β-unsaturated/α-hetero) is 1. The van der Waals surface area contributed by atoms with Gasteiger partial charge in [0.2, 0.25) is 0 Å². The molecule has 3 rings (SSSR count). The predicted octanol–water partition coefficient (Wildman–Crippen LogP) is 2.33. The summed E-state index contributed by atoms with van der Waals surface area (Å²) in [6, 6.07) is 11.3. The van der Waals surface area contributed by atoms with Gasteiger partial charge < -0.3 is 5.32 Å². The number of ketones is 1. The number of carbonyl (C=O) groups is 1. The Morgan fingerprint density at radius 1 is 1.12 bits per heavy atom. The summed E-state index contributed by atoms with van der Waals surface area (Å²) in [5.74, 6) is 1.22. The maximum absolute atomic E-state index is 11.8. The molecule has 0 bridgehead atoms. The second-order valence-corrected chi connectivity index (χ2v) is 5.44. The molecule has 1 aliphatic heterocycles. The van der Waals surface area contributed by atoms with Gasteiger partial charge in [0, 0.05) is 24.9 Å². The zero-order valence-electron chi connectivity index (χ0n) is 10.1. The number of hydrogen-bond donors (Lipinski definition) is 1. The molecule has 1 heterocycles. The van der Waals surface area contributed by atoms with Gasteiger partial charge in [-0.25, -0.2) is 0 Å². The van der Waals surface area contributed by atoms with Crippen LogP contribution in [0.2, 0.25) is 0 Å². The van der Waals surface area contributed by atoms with Crippen LogP contribution in [0.15, 0.2) is 30.3 Å². The van der Waals surface area contributed by atoms with Crippen molar-refractivity contribution in [2.45, 2.75) is 44.2 Å². The third-order valence-electron chi connectivity index (χ3n) is 3.89. The van der Waals surface area contributed by atoms with Gasteiger partial charge in [0.15, 0.2) is 0 Å². The minimum absolute atomic E-state index is 0.351. The minimum atomic E-state index is 0.351. The van der Waals surface area contributed by atoms with Gasteiger partial charge in [0.1, 0.15) is 5.78 Å². The van der Waals surface area contributed by atoms with E-state index in [0.29, 0.717) is 24.3 Å². The quantitative estimate of drug-likeness (QED) is 0.862. The summed E-state index contributed by atoms with van der Waals surface area (Å²) < 4.78 is 0. The van der Waals surface area contributed by atoms with Gasteiger partial charge in [-0.15, -0.1) is 0 Å². The molecule has 2 heteroatoms. The van der Waals surface area contributed by atoms with Crippen molar-refractivity contribution in [1.29, 1.82) is 0 Å². The molecular weight excluding hydrogens is 210 g/mol. The van der Waals surface area contributed by atoms with Gasteiger partial charge in [-0.2, -0.15) is 0 Å². The van der Waals surface area contributed by atoms with Crippen LogP contribution in [0.3, 0.4) is 0 Å². The van der Waals surface area contributed by atoms with Crippen molar-refractivity contribution < 1.29 is 4.79 Å². The Labute approximate surface area is 102 Å². The maximum atomic E-state index is 11.8. The Hall–Kier alpha value is -1.15. The molecule has 90 valence electrons. The summed E-state index contributed by atoms with van der Waals surface area (Å²) in [6.07, 6.45) is 5.07. The highest BCUT2D eigenvalue weighted by Crippen LogP contribution is 2.36. The van der Waals surface area contributed by atoms with E-state index in [-0.39, 0.29) is 0 Å². The highest BCUT2D eigenvalue weighted by molar-refractivity contribution is 5.80. The van der Waals surface area contributed by atoms with Gasteiger partial charge >= 0.3 is 0 Å². The summed E-state index contributed by atoms with van der Waals surface area (Å²) in [6.45, 7) is 0. The number of nitrogens with one attached hydrogen (secondary N) is 1. The van der Waals surface area contributed by atoms with Crippen LogP contribution in [0.4, 0.5) is 0 Å². The number of piperidine rings is 1.